The van der Waals surface area contributed by atoms with E-state index in [1.54, 1.807) is 24.8 Å². The molecule has 29 heavy (non-hydrogen) atoms. The molecule has 1 amide bonds. The molecule has 0 saturated heterocycles. The Morgan fingerprint density at radius 1 is 1.41 bits per heavy atom. The molecule has 0 saturated carbocycles. The molecule has 8 heteroatoms. The van der Waals surface area contributed by atoms with Crippen molar-refractivity contribution in [1.29, 1.82) is 0 Å². The first-order valence-electron chi connectivity index (χ1n) is 8.98. The highest BCUT2D eigenvalue weighted by Crippen LogP contribution is 2.23. The lowest BCUT2D eigenvalue weighted by molar-refractivity contribution is -0.150. The Labute approximate surface area is 174 Å². The summed E-state index contributed by atoms with van der Waals surface area (Å²) in [5.74, 6) is -0.300. The average Bonchev–Trinajstić information content (AvgIpc) is 2.97. The summed E-state index contributed by atoms with van der Waals surface area (Å²) in [6, 6.07) is 7.60. The van der Waals surface area contributed by atoms with Crippen molar-refractivity contribution in [3.63, 3.8) is 0 Å². The third-order valence-electron chi connectivity index (χ3n) is 4.04. The van der Waals surface area contributed by atoms with Crippen LogP contribution in [0.4, 0.5) is 0 Å². The van der Waals surface area contributed by atoms with E-state index in [1.165, 1.54) is 19.1 Å². The van der Waals surface area contributed by atoms with Crippen molar-refractivity contribution in [3.05, 3.63) is 65.0 Å². The van der Waals surface area contributed by atoms with Gasteiger partial charge in [0, 0.05) is 18.2 Å². The van der Waals surface area contributed by atoms with Gasteiger partial charge < -0.3 is 14.8 Å². The quantitative estimate of drug-likeness (QED) is 0.385. The molecule has 0 radical (unpaired) electrons. The number of nitrogens with one attached hydrogen (secondary N) is 1. The van der Waals surface area contributed by atoms with Crippen molar-refractivity contribution in [1.82, 2.24) is 15.1 Å². The summed E-state index contributed by atoms with van der Waals surface area (Å²) < 4.78 is 12.0. The first kappa shape index (κ1) is 22.2. The lowest BCUT2D eigenvalue weighted by atomic mass is 10.2. The molecule has 0 aliphatic carbocycles. The van der Waals surface area contributed by atoms with Gasteiger partial charge in [0.05, 0.1) is 19.3 Å². The highest BCUT2D eigenvalue weighted by atomic mass is 35.5. The molecule has 0 bridgehead atoms. The fraction of sp³-hybridized carbons (Fsp3) is 0.286. The number of methoxy groups -OCH3 is 1. The first-order chi connectivity index (χ1) is 13.8. The molecule has 1 aromatic heterocycles. The van der Waals surface area contributed by atoms with Crippen LogP contribution in [0.25, 0.3) is 6.08 Å². The Hall–Kier alpha value is -3.06. The number of hydrogen-bond donors (Lipinski definition) is 1. The fourth-order valence-corrected chi connectivity index (χ4v) is 2.84. The Balaban J connectivity index is 2.06. The van der Waals surface area contributed by atoms with Crippen LogP contribution in [-0.2, 0) is 20.9 Å². The summed E-state index contributed by atoms with van der Waals surface area (Å²) in [4.78, 5) is 23.7. The summed E-state index contributed by atoms with van der Waals surface area (Å²) in [5, 5.41) is 7.39. The van der Waals surface area contributed by atoms with Crippen LogP contribution in [0, 0.1) is 6.92 Å². The predicted molar refractivity (Wildman–Crippen MR) is 112 cm³/mol. The maximum absolute atomic E-state index is 12.0. The lowest BCUT2D eigenvalue weighted by Gasteiger charge is -2.11. The fourth-order valence-electron chi connectivity index (χ4n) is 2.54. The van der Waals surface area contributed by atoms with Gasteiger partial charge in [-0.25, -0.2) is 9.48 Å². The van der Waals surface area contributed by atoms with E-state index >= 15 is 0 Å². The number of rotatable bonds is 9. The zero-order valence-electron chi connectivity index (χ0n) is 16.6. The number of carbonyl (C=O) groups excluding carboxylic acids is 2. The van der Waals surface area contributed by atoms with Gasteiger partial charge in [0.25, 0.3) is 5.91 Å². The molecule has 0 aliphatic rings. The maximum atomic E-state index is 12.0. The van der Waals surface area contributed by atoms with Gasteiger partial charge in [-0.1, -0.05) is 29.8 Å². The molecule has 0 spiro atoms. The molecule has 2 rings (SSSR count). The minimum Gasteiger partial charge on any atom is -0.497 e. The van der Waals surface area contributed by atoms with E-state index in [0.29, 0.717) is 29.5 Å². The molecular formula is C21H24ClN3O4. The van der Waals surface area contributed by atoms with Gasteiger partial charge in [0.15, 0.2) is 6.10 Å². The van der Waals surface area contributed by atoms with Crippen molar-refractivity contribution >= 4 is 29.6 Å². The number of amides is 1. The second-order valence-corrected chi connectivity index (χ2v) is 6.60. The molecule has 7 nitrogen and oxygen atoms in total. The van der Waals surface area contributed by atoms with E-state index in [0.717, 1.165) is 11.3 Å². The topological polar surface area (TPSA) is 82.5 Å². The first-order valence-corrected chi connectivity index (χ1v) is 9.36. The van der Waals surface area contributed by atoms with Crippen LogP contribution < -0.4 is 10.1 Å². The second kappa shape index (κ2) is 10.5. The maximum Gasteiger partial charge on any atom is 0.331 e. The molecule has 1 aromatic carbocycles. The third-order valence-corrected chi connectivity index (χ3v) is 4.44. The smallest absolute Gasteiger partial charge is 0.331 e. The van der Waals surface area contributed by atoms with Crippen molar-refractivity contribution in [3.8, 4) is 5.75 Å². The number of benzene rings is 1. The minimum absolute atomic E-state index is 0.303. The minimum atomic E-state index is -0.917. The number of halogens is 1. The van der Waals surface area contributed by atoms with Gasteiger partial charge in [0.2, 0.25) is 0 Å². The predicted octanol–water partition coefficient (Wildman–Crippen LogP) is 3.15. The van der Waals surface area contributed by atoms with E-state index in [4.69, 9.17) is 21.1 Å². The Morgan fingerprint density at radius 3 is 2.86 bits per heavy atom. The van der Waals surface area contributed by atoms with Gasteiger partial charge in [-0.2, -0.15) is 5.10 Å². The van der Waals surface area contributed by atoms with Crippen molar-refractivity contribution in [2.24, 2.45) is 0 Å². The van der Waals surface area contributed by atoms with E-state index < -0.39 is 18.0 Å². The standard InChI is InChI=1S/C21H24ClN3O4/c1-5-11-23-21(27)15(3)29-19(26)10-9-18-14(2)24-25(20(18)22)13-16-7-6-8-17(12-16)28-4/h5-10,12,15H,1,11,13H2,2-4H3,(H,23,27)/b10-9+/t15-/m1/s1. The second-order valence-electron chi connectivity index (χ2n) is 6.25. The summed E-state index contributed by atoms with van der Waals surface area (Å²) in [5.41, 5.74) is 2.25. The van der Waals surface area contributed by atoms with E-state index in [1.807, 2.05) is 24.3 Å². The van der Waals surface area contributed by atoms with Gasteiger partial charge in [-0.05, 0) is 37.6 Å². The van der Waals surface area contributed by atoms with E-state index in [-0.39, 0.29) is 0 Å². The molecule has 2 aromatic rings. The molecule has 0 fully saturated rings. The summed E-state index contributed by atoms with van der Waals surface area (Å²) in [6.45, 7) is 7.56. The van der Waals surface area contributed by atoms with Gasteiger partial charge in [0.1, 0.15) is 10.9 Å². The van der Waals surface area contributed by atoms with Crippen LogP contribution in [0.15, 0.2) is 43.0 Å². The van der Waals surface area contributed by atoms with Crippen LogP contribution in [0.5, 0.6) is 5.75 Å². The molecule has 0 aliphatic heterocycles. The van der Waals surface area contributed by atoms with Crippen LogP contribution in [0.2, 0.25) is 5.15 Å². The van der Waals surface area contributed by atoms with Crippen molar-refractivity contribution in [2.45, 2.75) is 26.5 Å². The van der Waals surface area contributed by atoms with Crippen LogP contribution in [0.3, 0.4) is 0 Å². The number of nitrogens with zero attached hydrogens (tertiary/aromatic N) is 2. The van der Waals surface area contributed by atoms with Gasteiger partial charge >= 0.3 is 5.97 Å². The molecule has 1 N–H and O–H groups in total. The zero-order chi connectivity index (χ0) is 21.4. The number of esters is 1. The Morgan fingerprint density at radius 2 is 2.17 bits per heavy atom. The molecular weight excluding hydrogens is 394 g/mol. The SMILES string of the molecule is C=CCNC(=O)[C@@H](C)OC(=O)/C=C/c1c(C)nn(Cc2cccc(OC)c2)c1Cl. The molecule has 1 heterocycles. The number of hydrogen-bond acceptors (Lipinski definition) is 5. The number of ether oxygens (including phenoxy) is 2. The highest BCUT2D eigenvalue weighted by Gasteiger charge is 2.16. The molecule has 154 valence electrons. The van der Waals surface area contributed by atoms with Crippen LogP contribution in [-0.4, -0.2) is 41.4 Å². The zero-order valence-corrected chi connectivity index (χ0v) is 17.4. The monoisotopic (exact) mass is 417 g/mol. The summed E-state index contributed by atoms with van der Waals surface area (Å²) >= 11 is 6.44. The van der Waals surface area contributed by atoms with Crippen LogP contribution >= 0.6 is 11.6 Å². The lowest BCUT2D eigenvalue weighted by Crippen LogP contribution is -2.35. The largest absolute Gasteiger partial charge is 0.497 e. The Kier molecular flexibility index (Phi) is 8.03. The average molecular weight is 418 g/mol. The van der Waals surface area contributed by atoms with E-state index in [9.17, 15) is 9.59 Å². The van der Waals surface area contributed by atoms with E-state index in [2.05, 4.69) is 17.0 Å². The summed E-state index contributed by atoms with van der Waals surface area (Å²) in [7, 11) is 1.61. The number of aromatic nitrogens is 2. The highest BCUT2D eigenvalue weighted by molar-refractivity contribution is 6.31. The summed E-state index contributed by atoms with van der Waals surface area (Å²) in [6.07, 6.45) is 3.38. The van der Waals surface area contributed by atoms with Gasteiger partial charge in [-0.3, -0.25) is 4.79 Å². The van der Waals surface area contributed by atoms with Crippen molar-refractivity contribution < 1.29 is 19.1 Å². The third kappa shape index (κ3) is 6.22. The normalized spacial score (nSPS) is 11.9. The van der Waals surface area contributed by atoms with Crippen molar-refractivity contribution in [2.75, 3.05) is 13.7 Å². The van der Waals surface area contributed by atoms with Crippen LogP contribution in [0.1, 0.15) is 23.7 Å². The van der Waals surface area contributed by atoms with Gasteiger partial charge in [-0.15, -0.1) is 6.58 Å². The number of aryl methyl sites for hydroxylation is 1. The number of carbonyl (C=O) groups is 2. The molecule has 0 unspecified atom stereocenters. The molecule has 1 atom stereocenters. The Bertz CT molecular complexity index is 921.